The number of β-amino-alcohol motifs (C(OH)–C–C–N with tert-alkyl or cyclic N) is 2. The number of rotatable bonds is 4. The van der Waals surface area contributed by atoms with E-state index in [1.165, 1.54) is 10.1 Å². The highest BCUT2D eigenvalue weighted by molar-refractivity contribution is 7.80. The fourth-order valence-corrected chi connectivity index (χ4v) is 8.12. The average molecular weight is 997 g/mol. The van der Waals surface area contributed by atoms with Crippen molar-refractivity contribution in [2.75, 3.05) is 123 Å². The zero-order chi connectivity index (χ0) is 48.7. The van der Waals surface area contributed by atoms with Crippen LogP contribution in [0.15, 0.2) is 60.7 Å². The lowest BCUT2D eigenvalue weighted by molar-refractivity contribution is -0.174. The molecule has 2 aliphatic heterocycles. The van der Waals surface area contributed by atoms with Crippen molar-refractivity contribution in [2.45, 2.75) is 30.8 Å². The van der Waals surface area contributed by atoms with Gasteiger partial charge in [-0.1, -0.05) is 24.3 Å². The van der Waals surface area contributed by atoms with Crippen LogP contribution in [0, 0.1) is 0 Å². The van der Waals surface area contributed by atoms with E-state index in [9.17, 15) is 10.2 Å². The van der Waals surface area contributed by atoms with Crippen LogP contribution >= 0.6 is 48.9 Å². The van der Waals surface area contributed by atoms with E-state index in [1.807, 2.05) is 151 Å². The second-order valence-electron chi connectivity index (χ2n) is 17.6. The van der Waals surface area contributed by atoms with Gasteiger partial charge in [-0.25, -0.2) is 10.1 Å². The molecule has 0 saturated heterocycles. The second kappa shape index (κ2) is 23.0. The van der Waals surface area contributed by atoms with Crippen LogP contribution in [-0.2, 0) is 16.1 Å². The number of hydrogen-bond donors (Lipinski definition) is 2. The van der Waals surface area contributed by atoms with Gasteiger partial charge in [0.05, 0.1) is 26.2 Å². The van der Waals surface area contributed by atoms with Crippen molar-refractivity contribution in [3.05, 3.63) is 71.8 Å². The van der Waals surface area contributed by atoms with Crippen LogP contribution < -0.4 is 18.9 Å². The van der Waals surface area contributed by atoms with Crippen molar-refractivity contribution in [2.24, 2.45) is 0 Å². The first-order chi connectivity index (χ1) is 31.8. The molecule has 6 bridgehead atoms. The summed E-state index contributed by atoms with van der Waals surface area (Å²) < 4.78 is 26.4. The predicted octanol–water partition coefficient (Wildman–Crippen LogP) is 4.30. The lowest BCUT2D eigenvalue weighted by Gasteiger charge is -2.35. The lowest BCUT2D eigenvalue weighted by Crippen LogP contribution is -2.50. The molecule has 0 spiro atoms. The molecular weight excluding hydrogens is 933 g/mol. The minimum absolute atomic E-state index is 0.000248. The molecule has 364 valence electrons. The number of aliphatic hydroxyl groups is 2. The van der Waals surface area contributed by atoms with Crippen molar-refractivity contribution in [3.63, 3.8) is 0 Å². The molecule has 2 N–H and O–H groups in total. The largest absolute Gasteiger partial charge is 0.491 e. The van der Waals surface area contributed by atoms with Gasteiger partial charge in [0, 0.05) is 88.0 Å². The summed E-state index contributed by atoms with van der Waals surface area (Å²) in [7, 11) is 18.6. The fourth-order valence-electron chi connectivity index (χ4n) is 7.73. The predicted molar refractivity (Wildman–Crippen MR) is 278 cm³/mol. The summed E-state index contributed by atoms with van der Waals surface area (Å²) in [5.41, 5.74) is 1.67. The van der Waals surface area contributed by atoms with Gasteiger partial charge in [-0.15, -0.1) is 0 Å². The standard InChI is InChI=1S/C47H64N8O8S4/c1-48(2)44(64)52(9)24-36-28-58-34-15-11-30-13-17-42-40(38(30)19-34)21-41-39-20-35(16-12-31(39)14-18-43(41)60-26-32(56)22-54(62-36)46(66)50(5)6)59-29-37(25-53(10)45(65)49(3)4)63-55(47(67)51(7)8)23-33(57)27-61-42/h11-20,32-33,36-37,56-57H,21-29H2,1-10H3. The summed E-state index contributed by atoms with van der Waals surface area (Å²) in [6, 6.07) is 19.7. The van der Waals surface area contributed by atoms with E-state index in [4.69, 9.17) is 77.5 Å². The molecule has 2 aliphatic rings. The quantitative estimate of drug-likeness (QED) is 0.283. The van der Waals surface area contributed by atoms with E-state index < -0.39 is 24.4 Å². The van der Waals surface area contributed by atoms with Gasteiger partial charge in [-0.3, -0.25) is 9.68 Å². The van der Waals surface area contributed by atoms with Crippen molar-refractivity contribution in [3.8, 4) is 23.0 Å². The number of ether oxygens (including phenoxy) is 4. The summed E-state index contributed by atoms with van der Waals surface area (Å²) in [5, 5.41) is 32.0. The molecule has 0 saturated carbocycles. The molecule has 0 radical (unpaired) electrons. The monoisotopic (exact) mass is 996 g/mol. The normalized spacial score (nSPS) is 19.3. The number of likely N-dealkylation sites (N-methyl/N-ethyl adjacent to an activating group) is 2. The zero-order valence-electron chi connectivity index (χ0n) is 40.0. The van der Waals surface area contributed by atoms with Gasteiger partial charge < -0.3 is 58.6 Å². The maximum absolute atomic E-state index is 11.7. The fraction of sp³-hybridized carbons (Fsp3) is 0.489. The first-order valence-electron chi connectivity index (χ1n) is 21.9. The zero-order valence-corrected chi connectivity index (χ0v) is 43.3. The summed E-state index contributed by atoms with van der Waals surface area (Å²) in [6.45, 7) is 0.768. The maximum atomic E-state index is 11.7. The molecule has 4 atom stereocenters. The number of nitrogens with zero attached hydrogens (tertiary/aromatic N) is 8. The molecule has 0 amide bonds. The Balaban J connectivity index is 1.50. The van der Waals surface area contributed by atoms with Gasteiger partial charge in [0.1, 0.15) is 73.8 Å². The third kappa shape index (κ3) is 13.3. The molecule has 2 heterocycles. The van der Waals surface area contributed by atoms with Gasteiger partial charge in [0.2, 0.25) is 0 Å². The lowest BCUT2D eigenvalue weighted by atomic mass is 9.93. The highest BCUT2D eigenvalue weighted by Crippen LogP contribution is 2.39. The summed E-state index contributed by atoms with van der Waals surface area (Å²) in [4.78, 5) is 24.3. The van der Waals surface area contributed by atoms with E-state index in [-0.39, 0.29) is 39.5 Å². The summed E-state index contributed by atoms with van der Waals surface area (Å²) in [6.07, 6.45) is -2.91. The van der Waals surface area contributed by atoms with Crippen LogP contribution in [0.3, 0.4) is 0 Å². The van der Waals surface area contributed by atoms with Gasteiger partial charge in [-0.2, -0.15) is 0 Å². The summed E-state index contributed by atoms with van der Waals surface area (Å²) in [5.74, 6) is 2.30. The first kappa shape index (κ1) is 51.6. The molecule has 0 fully saturated rings. The highest BCUT2D eigenvalue weighted by atomic mass is 32.1. The Morgan fingerprint density at radius 3 is 1.25 bits per heavy atom. The minimum atomic E-state index is -1.04. The molecular formula is C47H64N8O8S4. The van der Waals surface area contributed by atoms with E-state index in [0.717, 1.165) is 32.7 Å². The van der Waals surface area contributed by atoms with Crippen LogP contribution in [0.1, 0.15) is 11.1 Å². The molecule has 0 aliphatic carbocycles. The number of hydrogen-bond acceptors (Lipinski definition) is 12. The third-order valence-corrected chi connectivity index (χ3v) is 13.6. The van der Waals surface area contributed by atoms with E-state index >= 15 is 0 Å². The van der Waals surface area contributed by atoms with Crippen LogP contribution in [0.2, 0.25) is 0 Å². The molecule has 4 aromatic carbocycles. The number of hydroxylamine groups is 4. The van der Waals surface area contributed by atoms with Gasteiger partial charge in [0.15, 0.2) is 20.4 Å². The Kier molecular flexibility index (Phi) is 17.7. The molecule has 4 aromatic rings. The molecule has 0 aromatic heterocycles. The SMILES string of the molecule is CN(C)C(=S)N(C)CC1COc2ccc3ccc4c(c3c2)Cc2c(ccc3ccc(cc23)OCC(CN(C)C(=S)N(C)C)ON(C(=S)N(C)C)CC(O)CO4)OCC(O)CN(C(=S)N(C)C)O1. The Hall–Kier alpha value is -4.80. The van der Waals surface area contributed by atoms with Crippen LogP contribution in [0.4, 0.5) is 0 Å². The topological polar surface area (TPSA) is 122 Å². The molecule has 20 heteroatoms. The smallest absolute Gasteiger partial charge is 0.195 e. The average Bonchev–Trinajstić information content (AvgIpc) is 3.29. The first-order valence-corrected chi connectivity index (χ1v) is 23.6. The molecule has 67 heavy (non-hydrogen) atoms. The summed E-state index contributed by atoms with van der Waals surface area (Å²) >= 11 is 23.1. The van der Waals surface area contributed by atoms with E-state index in [2.05, 4.69) is 0 Å². The van der Waals surface area contributed by atoms with Crippen LogP contribution in [-0.4, -0.2) is 218 Å². The van der Waals surface area contributed by atoms with Crippen molar-refractivity contribution >= 4 is 90.9 Å². The molecule has 6 rings (SSSR count). The molecule has 16 nitrogen and oxygen atoms in total. The highest BCUT2D eigenvalue weighted by Gasteiger charge is 2.29. The van der Waals surface area contributed by atoms with Gasteiger partial charge >= 0.3 is 0 Å². The Morgan fingerprint density at radius 1 is 0.522 bits per heavy atom. The van der Waals surface area contributed by atoms with Gasteiger partial charge in [-0.05, 0) is 107 Å². The van der Waals surface area contributed by atoms with Gasteiger partial charge in [0.25, 0.3) is 0 Å². The van der Waals surface area contributed by atoms with Crippen LogP contribution in [0.25, 0.3) is 21.5 Å². The van der Waals surface area contributed by atoms with Crippen LogP contribution in [0.5, 0.6) is 23.0 Å². The van der Waals surface area contributed by atoms with Crippen molar-refractivity contribution < 1.29 is 38.8 Å². The number of thiocarbonyl (C=S) groups is 4. The third-order valence-electron chi connectivity index (χ3n) is 11.1. The minimum Gasteiger partial charge on any atom is -0.491 e. The Labute approximate surface area is 415 Å². The van der Waals surface area contributed by atoms with Crippen molar-refractivity contribution in [1.29, 1.82) is 0 Å². The van der Waals surface area contributed by atoms with E-state index in [1.54, 1.807) is 9.80 Å². The van der Waals surface area contributed by atoms with Crippen molar-refractivity contribution in [1.82, 2.24) is 39.5 Å². The number of benzene rings is 4. The molecule has 4 unspecified atom stereocenters. The second-order valence-corrected chi connectivity index (χ2v) is 19.1. The Morgan fingerprint density at radius 2 is 0.896 bits per heavy atom. The Bertz CT molecular complexity index is 2250. The number of aliphatic hydroxyl groups excluding tert-OH is 2. The maximum Gasteiger partial charge on any atom is 0.195 e. The number of fused-ring (bicyclic) bond motifs is 2. The van der Waals surface area contributed by atoms with E-state index in [0.29, 0.717) is 63.0 Å².